The quantitative estimate of drug-likeness (QED) is 0.563. The number of rotatable bonds is 5. The Kier molecular flexibility index (Phi) is 4.94. The molecule has 1 unspecified atom stereocenters. The van der Waals surface area contributed by atoms with Gasteiger partial charge in [-0.3, -0.25) is 4.79 Å². The van der Waals surface area contributed by atoms with Crippen LogP contribution in [0.1, 0.15) is 20.3 Å². The number of nitrogens with zero attached hydrogens (tertiary/aromatic N) is 1. The van der Waals surface area contributed by atoms with E-state index in [-0.39, 0.29) is 6.10 Å². The van der Waals surface area contributed by atoms with E-state index in [0.717, 1.165) is 6.41 Å². The van der Waals surface area contributed by atoms with Crippen LogP contribution in [0.25, 0.3) is 0 Å². The molecule has 0 radical (unpaired) electrons. The molecular formula is C7H15NO2. The predicted molar refractivity (Wildman–Crippen MR) is 39.6 cm³/mol. The smallest absolute Gasteiger partial charge is 0.209 e. The fraction of sp³-hybridized carbons (Fsp3) is 0.857. The van der Waals surface area contributed by atoms with Crippen molar-refractivity contribution in [3.8, 4) is 0 Å². The molecule has 0 aliphatic heterocycles. The number of carbonyl (C=O) groups is 1. The topological polar surface area (TPSA) is 40.5 Å². The number of hydrogen-bond donors (Lipinski definition) is 1. The van der Waals surface area contributed by atoms with E-state index in [4.69, 9.17) is 5.11 Å². The summed E-state index contributed by atoms with van der Waals surface area (Å²) in [5.41, 5.74) is 0. The highest BCUT2D eigenvalue weighted by molar-refractivity contribution is 5.46. The van der Waals surface area contributed by atoms with Crippen molar-refractivity contribution >= 4 is 6.41 Å². The first kappa shape index (κ1) is 9.43. The van der Waals surface area contributed by atoms with Gasteiger partial charge in [0.25, 0.3) is 0 Å². The molecule has 0 bridgehead atoms. The van der Waals surface area contributed by atoms with Crippen LogP contribution >= 0.6 is 0 Å². The highest BCUT2D eigenvalue weighted by atomic mass is 16.3. The Labute approximate surface area is 61.6 Å². The van der Waals surface area contributed by atoms with Crippen molar-refractivity contribution in [1.29, 1.82) is 0 Å². The molecule has 0 aliphatic carbocycles. The minimum absolute atomic E-state index is 0.370. The Bertz CT molecular complexity index is 95.6. The van der Waals surface area contributed by atoms with E-state index in [1.807, 2.05) is 13.8 Å². The molecule has 0 aromatic rings. The second kappa shape index (κ2) is 5.23. The highest BCUT2D eigenvalue weighted by Gasteiger charge is 2.04. The third kappa shape index (κ3) is 3.45. The maximum absolute atomic E-state index is 10.2. The first-order valence-electron chi connectivity index (χ1n) is 3.62. The first-order chi connectivity index (χ1) is 4.74. The van der Waals surface area contributed by atoms with Crippen molar-refractivity contribution in [3.05, 3.63) is 0 Å². The molecular weight excluding hydrogens is 130 g/mol. The molecule has 3 heteroatoms. The van der Waals surface area contributed by atoms with Crippen LogP contribution in [0.4, 0.5) is 0 Å². The molecule has 0 heterocycles. The van der Waals surface area contributed by atoms with Crippen molar-refractivity contribution in [3.63, 3.8) is 0 Å². The average molecular weight is 145 g/mol. The molecule has 0 aliphatic rings. The highest BCUT2D eigenvalue weighted by Crippen LogP contribution is 1.92. The largest absolute Gasteiger partial charge is 0.391 e. The number of amides is 1. The van der Waals surface area contributed by atoms with Gasteiger partial charge in [-0.15, -0.1) is 0 Å². The van der Waals surface area contributed by atoms with Crippen LogP contribution < -0.4 is 0 Å². The fourth-order valence-corrected chi connectivity index (χ4v) is 0.646. The summed E-state index contributed by atoms with van der Waals surface area (Å²) in [5.74, 6) is 0. The van der Waals surface area contributed by atoms with E-state index in [1.54, 1.807) is 4.90 Å². The molecule has 1 amide bonds. The van der Waals surface area contributed by atoms with Crippen LogP contribution in [0.2, 0.25) is 0 Å². The van der Waals surface area contributed by atoms with Crippen LogP contribution in [0.3, 0.4) is 0 Å². The summed E-state index contributed by atoms with van der Waals surface area (Å²) in [6, 6.07) is 0. The van der Waals surface area contributed by atoms with Crippen LogP contribution in [0.5, 0.6) is 0 Å². The zero-order chi connectivity index (χ0) is 7.98. The molecule has 0 rings (SSSR count). The average Bonchev–Trinajstić information content (AvgIpc) is 1.99. The van der Waals surface area contributed by atoms with Crippen LogP contribution in [-0.2, 0) is 4.79 Å². The monoisotopic (exact) mass is 145 g/mol. The molecule has 0 aromatic heterocycles. The van der Waals surface area contributed by atoms with E-state index < -0.39 is 0 Å². The lowest BCUT2D eigenvalue weighted by Crippen LogP contribution is -2.30. The molecule has 1 atom stereocenters. The van der Waals surface area contributed by atoms with E-state index in [2.05, 4.69) is 0 Å². The lowest BCUT2D eigenvalue weighted by atomic mass is 10.2. The number of carbonyl (C=O) groups excluding carboxylic acids is 1. The summed E-state index contributed by atoms with van der Waals surface area (Å²) in [5, 5.41) is 9.09. The first-order valence-corrected chi connectivity index (χ1v) is 3.62. The lowest BCUT2D eigenvalue weighted by molar-refractivity contribution is -0.119. The van der Waals surface area contributed by atoms with Crippen LogP contribution in [-0.4, -0.2) is 35.6 Å². The molecule has 0 fully saturated rings. The number of aliphatic hydroxyl groups excluding tert-OH is 1. The van der Waals surface area contributed by atoms with E-state index in [0.29, 0.717) is 19.5 Å². The minimum atomic E-state index is -0.370. The third-order valence-corrected chi connectivity index (χ3v) is 1.47. The lowest BCUT2D eigenvalue weighted by Gasteiger charge is -2.17. The van der Waals surface area contributed by atoms with Crippen molar-refractivity contribution in [1.82, 2.24) is 4.90 Å². The predicted octanol–water partition coefficient (Wildman–Crippen LogP) is 0.236. The van der Waals surface area contributed by atoms with E-state index in [1.165, 1.54) is 0 Å². The van der Waals surface area contributed by atoms with Crippen LogP contribution in [0.15, 0.2) is 0 Å². The van der Waals surface area contributed by atoms with Gasteiger partial charge in [0, 0.05) is 13.1 Å². The van der Waals surface area contributed by atoms with Crippen molar-refractivity contribution in [2.45, 2.75) is 26.4 Å². The van der Waals surface area contributed by atoms with Gasteiger partial charge in [0.15, 0.2) is 0 Å². The summed E-state index contributed by atoms with van der Waals surface area (Å²) in [7, 11) is 0. The molecule has 0 aromatic carbocycles. The number of aliphatic hydroxyl groups is 1. The van der Waals surface area contributed by atoms with Crippen molar-refractivity contribution in [2.24, 2.45) is 0 Å². The van der Waals surface area contributed by atoms with Gasteiger partial charge in [0.2, 0.25) is 6.41 Å². The summed E-state index contributed by atoms with van der Waals surface area (Å²) in [6.07, 6.45) is 1.09. The van der Waals surface area contributed by atoms with Gasteiger partial charge in [-0.25, -0.2) is 0 Å². The Morgan fingerprint density at radius 1 is 1.60 bits per heavy atom. The van der Waals surface area contributed by atoms with Gasteiger partial charge in [-0.1, -0.05) is 6.92 Å². The summed E-state index contributed by atoms with van der Waals surface area (Å²) < 4.78 is 0. The zero-order valence-electron chi connectivity index (χ0n) is 6.58. The molecule has 0 saturated heterocycles. The Morgan fingerprint density at radius 3 is 2.50 bits per heavy atom. The van der Waals surface area contributed by atoms with Gasteiger partial charge < -0.3 is 10.0 Å². The number of likely N-dealkylation sites (N-methyl/N-ethyl adjacent to an activating group) is 1. The molecule has 10 heavy (non-hydrogen) atoms. The van der Waals surface area contributed by atoms with Crippen molar-refractivity contribution < 1.29 is 9.90 Å². The normalized spacial score (nSPS) is 12.7. The zero-order valence-corrected chi connectivity index (χ0v) is 6.58. The standard InChI is InChI=1S/C7H15NO2/c1-3-7(10)5-8(4-2)6-9/h6-7,10H,3-5H2,1-2H3. The van der Waals surface area contributed by atoms with E-state index >= 15 is 0 Å². The second-order valence-electron chi connectivity index (χ2n) is 2.26. The summed E-state index contributed by atoms with van der Waals surface area (Å²) in [4.78, 5) is 11.8. The third-order valence-electron chi connectivity index (χ3n) is 1.47. The molecule has 0 spiro atoms. The van der Waals surface area contributed by atoms with Gasteiger partial charge in [0.1, 0.15) is 0 Å². The Balaban J connectivity index is 3.51. The minimum Gasteiger partial charge on any atom is -0.391 e. The van der Waals surface area contributed by atoms with Crippen molar-refractivity contribution in [2.75, 3.05) is 13.1 Å². The molecule has 0 saturated carbocycles. The van der Waals surface area contributed by atoms with E-state index in [9.17, 15) is 4.79 Å². The fourth-order valence-electron chi connectivity index (χ4n) is 0.646. The van der Waals surface area contributed by atoms with Gasteiger partial charge in [-0.05, 0) is 13.3 Å². The number of hydrogen-bond acceptors (Lipinski definition) is 2. The second-order valence-corrected chi connectivity index (χ2v) is 2.26. The Morgan fingerprint density at radius 2 is 2.20 bits per heavy atom. The maximum atomic E-state index is 10.2. The van der Waals surface area contributed by atoms with Crippen LogP contribution in [0, 0.1) is 0 Å². The Hall–Kier alpha value is -0.570. The molecule has 3 nitrogen and oxygen atoms in total. The summed E-state index contributed by atoms with van der Waals surface area (Å²) in [6.45, 7) is 4.90. The SMILES string of the molecule is CCC(O)CN(C=O)CC. The summed E-state index contributed by atoms with van der Waals surface area (Å²) >= 11 is 0. The maximum Gasteiger partial charge on any atom is 0.209 e. The van der Waals surface area contributed by atoms with Gasteiger partial charge in [0.05, 0.1) is 6.10 Å². The molecule has 60 valence electrons. The van der Waals surface area contributed by atoms with Gasteiger partial charge >= 0.3 is 0 Å². The van der Waals surface area contributed by atoms with Gasteiger partial charge in [-0.2, -0.15) is 0 Å². The molecule has 1 N–H and O–H groups in total.